The minimum absolute atomic E-state index is 0.0285. The Morgan fingerprint density at radius 2 is 2.12 bits per heavy atom. The molecule has 8 nitrogen and oxygen atoms in total. The lowest BCUT2D eigenvalue weighted by Crippen LogP contribution is -2.46. The first kappa shape index (κ1) is 22.2. The molecule has 0 aliphatic carbocycles. The van der Waals surface area contributed by atoms with Gasteiger partial charge in [0, 0.05) is 43.0 Å². The van der Waals surface area contributed by atoms with Gasteiger partial charge in [0.25, 0.3) is 0 Å². The van der Waals surface area contributed by atoms with Crippen LogP contribution < -0.4 is 5.32 Å². The summed E-state index contributed by atoms with van der Waals surface area (Å²) in [6.07, 6.45) is 5.26. The van der Waals surface area contributed by atoms with Gasteiger partial charge < -0.3 is 15.0 Å². The molecule has 1 N–H and O–H groups in total. The maximum atomic E-state index is 12.7. The second-order valence-corrected chi connectivity index (χ2v) is 8.60. The number of piperidine rings is 1. The van der Waals surface area contributed by atoms with Crippen LogP contribution in [0.3, 0.4) is 0 Å². The number of ether oxygens (including phenoxy) is 1. The van der Waals surface area contributed by atoms with Crippen LogP contribution in [0.25, 0.3) is 16.9 Å². The molecule has 0 spiro atoms. The Hall–Kier alpha value is -3.04. The normalized spacial score (nSPS) is 16.2. The molecule has 1 atom stereocenters. The van der Waals surface area contributed by atoms with Crippen LogP contribution >= 0.6 is 11.3 Å². The first-order valence-electron chi connectivity index (χ1n) is 10.8. The molecule has 0 bridgehead atoms. The van der Waals surface area contributed by atoms with Gasteiger partial charge in [-0.2, -0.15) is 5.10 Å². The molecule has 4 rings (SSSR count). The summed E-state index contributed by atoms with van der Waals surface area (Å²) in [5.41, 5.74) is 2.89. The quantitative estimate of drug-likeness (QED) is 0.567. The molecular formula is C23H27N5O3S. The molecule has 9 heteroatoms. The Morgan fingerprint density at radius 3 is 2.88 bits per heavy atom. The third-order valence-electron chi connectivity index (χ3n) is 5.47. The number of nitrogens with one attached hydrogen (secondary N) is 1. The standard InChI is InChI=1S/C23H27N5O3S/c1-2-31-15-22(29)27-11-3-5-18(14-27)23(30)24-13-21-26-20(16-32-21)17-6-8-19(9-7-17)28-12-4-10-25-28/h4,6-10,12,16,18H,2-3,5,11,13-15H2,1H3,(H,24,30). The van der Waals surface area contributed by atoms with Gasteiger partial charge in [0.05, 0.1) is 23.8 Å². The Morgan fingerprint density at radius 1 is 1.28 bits per heavy atom. The fraction of sp³-hybridized carbons (Fsp3) is 0.391. The topological polar surface area (TPSA) is 89.4 Å². The monoisotopic (exact) mass is 453 g/mol. The average Bonchev–Trinajstić information content (AvgIpc) is 3.54. The fourth-order valence-corrected chi connectivity index (χ4v) is 4.48. The van der Waals surface area contributed by atoms with Crippen molar-refractivity contribution in [2.24, 2.45) is 5.92 Å². The molecule has 3 heterocycles. The van der Waals surface area contributed by atoms with Crippen molar-refractivity contribution in [3.05, 3.63) is 53.1 Å². The Labute approximate surface area is 191 Å². The summed E-state index contributed by atoms with van der Waals surface area (Å²) in [5, 5.41) is 10.1. The van der Waals surface area contributed by atoms with E-state index in [2.05, 4.69) is 15.4 Å². The largest absolute Gasteiger partial charge is 0.372 e. The summed E-state index contributed by atoms with van der Waals surface area (Å²) >= 11 is 1.53. The van der Waals surface area contributed by atoms with E-state index in [1.807, 2.05) is 53.5 Å². The predicted octanol–water partition coefficient (Wildman–Crippen LogP) is 2.89. The zero-order chi connectivity index (χ0) is 22.3. The molecular weight excluding hydrogens is 426 g/mol. The predicted molar refractivity (Wildman–Crippen MR) is 122 cm³/mol. The number of rotatable bonds is 8. The highest BCUT2D eigenvalue weighted by atomic mass is 32.1. The molecule has 0 saturated carbocycles. The summed E-state index contributed by atoms with van der Waals surface area (Å²) in [6, 6.07) is 9.93. The third-order valence-corrected chi connectivity index (χ3v) is 6.32. The number of likely N-dealkylation sites (tertiary alicyclic amines) is 1. The molecule has 2 amide bonds. The van der Waals surface area contributed by atoms with Crippen LogP contribution in [-0.2, 0) is 20.9 Å². The molecule has 0 radical (unpaired) electrons. The van der Waals surface area contributed by atoms with E-state index < -0.39 is 0 Å². The molecule has 1 aliphatic heterocycles. The van der Waals surface area contributed by atoms with Crippen LogP contribution in [0.1, 0.15) is 24.8 Å². The highest BCUT2D eigenvalue weighted by Gasteiger charge is 2.28. The summed E-state index contributed by atoms with van der Waals surface area (Å²) in [5.74, 6) is -0.268. The van der Waals surface area contributed by atoms with Gasteiger partial charge in [-0.1, -0.05) is 12.1 Å². The zero-order valence-electron chi connectivity index (χ0n) is 18.1. The van der Waals surface area contributed by atoms with Crippen molar-refractivity contribution in [1.82, 2.24) is 25.0 Å². The molecule has 3 aromatic rings. The number of nitrogens with zero attached hydrogens (tertiary/aromatic N) is 4. The number of benzene rings is 1. The Bertz CT molecular complexity index is 1030. The van der Waals surface area contributed by atoms with E-state index in [9.17, 15) is 9.59 Å². The van der Waals surface area contributed by atoms with E-state index in [-0.39, 0.29) is 24.3 Å². The molecule has 32 heavy (non-hydrogen) atoms. The lowest BCUT2D eigenvalue weighted by atomic mass is 9.97. The lowest BCUT2D eigenvalue weighted by Gasteiger charge is -2.32. The van der Waals surface area contributed by atoms with E-state index in [0.717, 1.165) is 34.8 Å². The van der Waals surface area contributed by atoms with Crippen LogP contribution in [0.15, 0.2) is 48.1 Å². The molecule has 1 fully saturated rings. The van der Waals surface area contributed by atoms with Gasteiger partial charge in [0.1, 0.15) is 11.6 Å². The third kappa shape index (κ3) is 5.41. The number of hydrogen-bond acceptors (Lipinski definition) is 6. The summed E-state index contributed by atoms with van der Waals surface area (Å²) in [4.78, 5) is 31.3. The van der Waals surface area contributed by atoms with Crippen molar-refractivity contribution in [1.29, 1.82) is 0 Å². The molecule has 1 aromatic carbocycles. The highest BCUT2D eigenvalue weighted by molar-refractivity contribution is 7.09. The van der Waals surface area contributed by atoms with Gasteiger partial charge in [-0.05, 0) is 38.0 Å². The number of aromatic nitrogens is 3. The molecule has 1 saturated heterocycles. The summed E-state index contributed by atoms with van der Waals surface area (Å²) < 4.78 is 7.02. The smallest absolute Gasteiger partial charge is 0.248 e. The average molecular weight is 454 g/mol. The van der Waals surface area contributed by atoms with Gasteiger partial charge in [-0.25, -0.2) is 9.67 Å². The maximum Gasteiger partial charge on any atom is 0.248 e. The number of thiazole rings is 1. The van der Waals surface area contributed by atoms with Crippen molar-refractivity contribution in [2.45, 2.75) is 26.3 Å². The van der Waals surface area contributed by atoms with Gasteiger partial charge in [0.2, 0.25) is 11.8 Å². The van der Waals surface area contributed by atoms with Crippen LogP contribution in [0.2, 0.25) is 0 Å². The maximum absolute atomic E-state index is 12.7. The van der Waals surface area contributed by atoms with E-state index >= 15 is 0 Å². The van der Waals surface area contributed by atoms with Gasteiger partial charge in [-0.15, -0.1) is 11.3 Å². The van der Waals surface area contributed by atoms with E-state index in [0.29, 0.717) is 26.2 Å². The van der Waals surface area contributed by atoms with Gasteiger partial charge in [-0.3, -0.25) is 9.59 Å². The van der Waals surface area contributed by atoms with Crippen molar-refractivity contribution < 1.29 is 14.3 Å². The summed E-state index contributed by atoms with van der Waals surface area (Å²) in [6.45, 7) is 3.97. The second-order valence-electron chi connectivity index (χ2n) is 7.66. The fourth-order valence-electron chi connectivity index (χ4n) is 3.74. The SMILES string of the molecule is CCOCC(=O)N1CCCC(C(=O)NCc2nc(-c3ccc(-n4cccn4)cc3)cs2)C1. The van der Waals surface area contributed by atoms with Gasteiger partial charge >= 0.3 is 0 Å². The molecule has 2 aromatic heterocycles. The van der Waals surface area contributed by atoms with Crippen molar-refractivity contribution in [3.63, 3.8) is 0 Å². The lowest BCUT2D eigenvalue weighted by molar-refractivity contribution is -0.139. The van der Waals surface area contributed by atoms with Crippen molar-refractivity contribution >= 4 is 23.2 Å². The highest BCUT2D eigenvalue weighted by Crippen LogP contribution is 2.23. The minimum Gasteiger partial charge on any atom is -0.372 e. The Balaban J connectivity index is 1.30. The number of carbonyl (C=O) groups is 2. The first-order chi connectivity index (χ1) is 15.6. The zero-order valence-corrected chi connectivity index (χ0v) is 18.9. The van der Waals surface area contributed by atoms with Crippen LogP contribution in [0.4, 0.5) is 0 Å². The molecule has 168 valence electrons. The van der Waals surface area contributed by atoms with Gasteiger partial charge in [0.15, 0.2) is 0 Å². The van der Waals surface area contributed by atoms with Crippen LogP contribution in [0, 0.1) is 5.92 Å². The number of carbonyl (C=O) groups excluding carboxylic acids is 2. The van der Waals surface area contributed by atoms with Crippen molar-refractivity contribution in [2.75, 3.05) is 26.3 Å². The number of hydrogen-bond donors (Lipinski definition) is 1. The van der Waals surface area contributed by atoms with E-state index in [1.165, 1.54) is 11.3 Å². The minimum atomic E-state index is -0.191. The Kier molecular flexibility index (Phi) is 7.28. The first-order valence-corrected chi connectivity index (χ1v) is 11.7. The van der Waals surface area contributed by atoms with Crippen LogP contribution in [0.5, 0.6) is 0 Å². The van der Waals surface area contributed by atoms with E-state index in [4.69, 9.17) is 4.74 Å². The molecule has 1 unspecified atom stereocenters. The second kappa shape index (κ2) is 10.5. The van der Waals surface area contributed by atoms with Crippen molar-refractivity contribution in [3.8, 4) is 16.9 Å². The molecule has 1 aliphatic rings. The summed E-state index contributed by atoms with van der Waals surface area (Å²) in [7, 11) is 0. The van der Waals surface area contributed by atoms with E-state index in [1.54, 1.807) is 11.1 Å². The number of amides is 2. The van der Waals surface area contributed by atoms with Crippen LogP contribution in [-0.4, -0.2) is 57.8 Å².